The Bertz CT molecular complexity index is 560. The summed E-state index contributed by atoms with van der Waals surface area (Å²) in [4.78, 5) is 4.00. The number of nitrogens with zero attached hydrogens (tertiary/aromatic N) is 1. The number of pyridine rings is 1. The summed E-state index contributed by atoms with van der Waals surface area (Å²) >= 11 is 11.9. The normalized spacial score (nSPS) is 12.2. The fraction of sp³-hybridized carbons (Fsp3) is 0.154. The Morgan fingerprint density at radius 3 is 2.67 bits per heavy atom. The van der Waals surface area contributed by atoms with Gasteiger partial charge in [-0.3, -0.25) is 4.98 Å². The zero-order chi connectivity index (χ0) is 13.1. The SMILES string of the molecule is COc1cncc(C(O)c2ccc(Cl)cc2Cl)c1. The van der Waals surface area contributed by atoms with Crippen LogP contribution in [0.4, 0.5) is 0 Å². The second-order valence-corrected chi connectivity index (χ2v) is 4.57. The number of hydrogen-bond acceptors (Lipinski definition) is 3. The molecule has 3 nitrogen and oxygen atoms in total. The quantitative estimate of drug-likeness (QED) is 0.938. The predicted octanol–water partition coefficient (Wildman–Crippen LogP) is 3.48. The van der Waals surface area contributed by atoms with Gasteiger partial charge in [0.2, 0.25) is 0 Å². The summed E-state index contributed by atoms with van der Waals surface area (Å²) < 4.78 is 5.06. The molecule has 0 aliphatic carbocycles. The standard InChI is InChI=1S/C13H11Cl2NO2/c1-18-10-4-8(6-16-7-10)13(17)11-3-2-9(14)5-12(11)15/h2-7,13,17H,1H3. The third-order valence-electron chi connectivity index (χ3n) is 2.54. The van der Waals surface area contributed by atoms with E-state index in [1.165, 1.54) is 0 Å². The molecular formula is C13H11Cl2NO2. The van der Waals surface area contributed by atoms with Crippen molar-refractivity contribution in [3.8, 4) is 5.75 Å². The van der Waals surface area contributed by atoms with Crippen molar-refractivity contribution in [2.45, 2.75) is 6.10 Å². The predicted molar refractivity (Wildman–Crippen MR) is 71.3 cm³/mol. The number of methoxy groups -OCH3 is 1. The van der Waals surface area contributed by atoms with Crippen LogP contribution in [0.2, 0.25) is 10.0 Å². The minimum Gasteiger partial charge on any atom is -0.495 e. The van der Waals surface area contributed by atoms with Gasteiger partial charge in [0.05, 0.1) is 13.3 Å². The molecule has 5 heteroatoms. The summed E-state index contributed by atoms with van der Waals surface area (Å²) in [7, 11) is 1.54. The van der Waals surface area contributed by atoms with E-state index in [0.717, 1.165) is 0 Å². The first-order valence-corrected chi connectivity index (χ1v) is 5.99. The second-order valence-electron chi connectivity index (χ2n) is 3.73. The maximum absolute atomic E-state index is 10.3. The van der Waals surface area contributed by atoms with Gasteiger partial charge in [-0.2, -0.15) is 0 Å². The maximum atomic E-state index is 10.3. The first kappa shape index (κ1) is 13.1. The molecular weight excluding hydrogens is 273 g/mol. The highest BCUT2D eigenvalue weighted by Gasteiger charge is 2.15. The zero-order valence-electron chi connectivity index (χ0n) is 9.60. The first-order valence-electron chi connectivity index (χ1n) is 5.24. The van der Waals surface area contributed by atoms with Crippen LogP contribution in [-0.4, -0.2) is 17.2 Å². The third-order valence-corrected chi connectivity index (χ3v) is 3.11. The van der Waals surface area contributed by atoms with Gasteiger partial charge in [0, 0.05) is 27.4 Å². The molecule has 0 spiro atoms. The van der Waals surface area contributed by atoms with E-state index in [-0.39, 0.29) is 0 Å². The minimum atomic E-state index is -0.864. The summed E-state index contributed by atoms with van der Waals surface area (Å²) in [6.45, 7) is 0. The Morgan fingerprint density at radius 2 is 2.00 bits per heavy atom. The van der Waals surface area contributed by atoms with Gasteiger partial charge in [-0.25, -0.2) is 0 Å². The average Bonchev–Trinajstić information content (AvgIpc) is 2.38. The molecule has 1 N–H and O–H groups in total. The Morgan fingerprint density at radius 1 is 1.22 bits per heavy atom. The molecule has 2 aromatic rings. The molecule has 1 unspecified atom stereocenters. The summed E-state index contributed by atoms with van der Waals surface area (Å²) in [5, 5.41) is 11.2. The molecule has 0 saturated heterocycles. The number of hydrogen-bond donors (Lipinski definition) is 1. The smallest absolute Gasteiger partial charge is 0.137 e. The molecule has 0 fully saturated rings. The Hall–Kier alpha value is -1.29. The van der Waals surface area contributed by atoms with Gasteiger partial charge >= 0.3 is 0 Å². The molecule has 94 valence electrons. The van der Waals surface area contributed by atoms with Crippen molar-refractivity contribution in [1.82, 2.24) is 4.98 Å². The van der Waals surface area contributed by atoms with E-state index in [1.54, 1.807) is 43.8 Å². The van der Waals surface area contributed by atoms with Gasteiger partial charge in [0.1, 0.15) is 11.9 Å². The van der Waals surface area contributed by atoms with Crippen LogP contribution in [0, 0.1) is 0 Å². The molecule has 0 bridgehead atoms. The van der Waals surface area contributed by atoms with Crippen LogP contribution in [0.5, 0.6) is 5.75 Å². The van der Waals surface area contributed by atoms with Crippen LogP contribution in [0.15, 0.2) is 36.7 Å². The van der Waals surface area contributed by atoms with E-state index in [9.17, 15) is 5.11 Å². The fourth-order valence-electron chi connectivity index (χ4n) is 1.60. The van der Waals surface area contributed by atoms with Gasteiger partial charge in [-0.05, 0) is 18.2 Å². The van der Waals surface area contributed by atoms with E-state index >= 15 is 0 Å². The Kier molecular flexibility index (Phi) is 4.07. The van der Waals surface area contributed by atoms with Gasteiger partial charge in [-0.15, -0.1) is 0 Å². The van der Waals surface area contributed by atoms with Gasteiger partial charge in [-0.1, -0.05) is 29.3 Å². The zero-order valence-corrected chi connectivity index (χ0v) is 11.1. The largest absolute Gasteiger partial charge is 0.495 e. The molecule has 1 heterocycles. The molecule has 1 atom stereocenters. The topological polar surface area (TPSA) is 42.4 Å². The lowest BCUT2D eigenvalue weighted by Crippen LogP contribution is -2.01. The third kappa shape index (κ3) is 2.75. The molecule has 0 amide bonds. The first-order chi connectivity index (χ1) is 8.61. The van der Waals surface area contributed by atoms with Gasteiger partial charge in [0.15, 0.2) is 0 Å². The summed E-state index contributed by atoms with van der Waals surface area (Å²) in [6.07, 6.45) is 2.27. The number of aliphatic hydroxyl groups excluding tert-OH is 1. The number of ether oxygens (including phenoxy) is 1. The highest BCUT2D eigenvalue weighted by Crippen LogP contribution is 2.31. The van der Waals surface area contributed by atoms with Crippen molar-refractivity contribution in [2.75, 3.05) is 7.11 Å². The molecule has 1 aromatic heterocycles. The van der Waals surface area contributed by atoms with Crippen LogP contribution in [0.25, 0.3) is 0 Å². The molecule has 1 aromatic carbocycles. The lowest BCUT2D eigenvalue weighted by Gasteiger charge is -2.13. The van der Waals surface area contributed by atoms with E-state index in [0.29, 0.717) is 26.9 Å². The van der Waals surface area contributed by atoms with Crippen molar-refractivity contribution < 1.29 is 9.84 Å². The molecule has 0 aliphatic rings. The van der Waals surface area contributed by atoms with Crippen molar-refractivity contribution >= 4 is 23.2 Å². The van der Waals surface area contributed by atoms with Crippen LogP contribution in [0.1, 0.15) is 17.2 Å². The van der Waals surface area contributed by atoms with E-state index < -0.39 is 6.10 Å². The highest BCUT2D eigenvalue weighted by molar-refractivity contribution is 6.35. The fourth-order valence-corrected chi connectivity index (χ4v) is 2.11. The molecule has 18 heavy (non-hydrogen) atoms. The van der Waals surface area contributed by atoms with Crippen molar-refractivity contribution in [3.63, 3.8) is 0 Å². The summed E-state index contributed by atoms with van der Waals surface area (Å²) in [5.74, 6) is 0.580. The van der Waals surface area contributed by atoms with E-state index in [1.807, 2.05) is 0 Å². The number of benzene rings is 1. The van der Waals surface area contributed by atoms with Crippen LogP contribution in [-0.2, 0) is 0 Å². The lowest BCUT2D eigenvalue weighted by molar-refractivity contribution is 0.219. The van der Waals surface area contributed by atoms with Gasteiger partial charge < -0.3 is 9.84 Å². The lowest BCUT2D eigenvalue weighted by atomic mass is 10.0. The number of aromatic nitrogens is 1. The van der Waals surface area contributed by atoms with Crippen molar-refractivity contribution in [2.24, 2.45) is 0 Å². The van der Waals surface area contributed by atoms with E-state index in [4.69, 9.17) is 27.9 Å². The molecule has 0 aliphatic heterocycles. The van der Waals surface area contributed by atoms with Crippen LogP contribution in [0.3, 0.4) is 0 Å². The maximum Gasteiger partial charge on any atom is 0.137 e. The monoisotopic (exact) mass is 283 g/mol. The minimum absolute atomic E-state index is 0.415. The van der Waals surface area contributed by atoms with Crippen molar-refractivity contribution in [1.29, 1.82) is 0 Å². The Balaban J connectivity index is 2.37. The number of aliphatic hydroxyl groups is 1. The highest BCUT2D eigenvalue weighted by atomic mass is 35.5. The Labute approximate surface area is 115 Å². The van der Waals surface area contributed by atoms with Crippen LogP contribution >= 0.6 is 23.2 Å². The second kappa shape index (κ2) is 5.57. The van der Waals surface area contributed by atoms with Gasteiger partial charge in [0.25, 0.3) is 0 Å². The molecule has 0 radical (unpaired) electrons. The van der Waals surface area contributed by atoms with E-state index in [2.05, 4.69) is 4.98 Å². The van der Waals surface area contributed by atoms with Crippen LogP contribution < -0.4 is 4.74 Å². The molecule has 2 rings (SSSR count). The average molecular weight is 284 g/mol. The summed E-state index contributed by atoms with van der Waals surface area (Å²) in [5.41, 5.74) is 1.19. The molecule has 0 saturated carbocycles. The van der Waals surface area contributed by atoms with Crippen molar-refractivity contribution in [3.05, 3.63) is 57.8 Å². The summed E-state index contributed by atoms with van der Waals surface area (Å²) in [6, 6.07) is 6.67. The number of halogens is 2. The number of rotatable bonds is 3.